The van der Waals surface area contributed by atoms with E-state index in [1.807, 2.05) is 6.19 Å². The fourth-order valence-electron chi connectivity index (χ4n) is 0.740. The predicted molar refractivity (Wildman–Crippen MR) is 29.9 cm³/mol. The quantitative estimate of drug-likeness (QED) is 0.451. The van der Waals surface area contributed by atoms with E-state index in [2.05, 4.69) is 0 Å². The third-order valence-electron chi connectivity index (χ3n) is 1.43. The van der Waals surface area contributed by atoms with Gasteiger partial charge in [-0.1, -0.05) is 0 Å². The number of nitrogens with two attached hydrogens (primary N) is 1. The molecule has 1 rings (SSSR count). The Morgan fingerprint density at radius 1 is 1.78 bits per heavy atom. The number of hydrogen-bond acceptors (Lipinski definition) is 3. The van der Waals surface area contributed by atoms with Crippen molar-refractivity contribution in [1.29, 1.82) is 5.26 Å². The maximum absolute atomic E-state index is 10.3. The third kappa shape index (κ3) is 0.941. The summed E-state index contributed by atoms with van der Waals surface area (Å²) in [4.78, 5) is 11.8. The van der Waals surface area contributed by atoms with E-state index in [1.165, 1.54) is 4.90 Å². The molecule has 4 nitrogen and oxygen atoms in total. The first-order valence-electron chi connectivity index (χ1n) is 2.68. The number of nitriles is 1. The van der Waals surface area contributed by atoms with Crippen molar-refractivity contribution in [3.8, 4) is 6.19 Å². The molecule has 0 aromatic carbocycles. The molecule has 1 amide bonds. The lowest BCUT2D eigenvalue weighted by Gasteiger charge is -2.32. The molecule has 1 saturated heterocycles. The lowest BCUT2D eigenvalue weighted by atomic mass is 10.0. The largest absolute Gasteiger partial charge is 0.369 e. The molecule has 0 spiro atoms. The van der Waals surface area contributed by atoms with Crippen molar-refractivity contribution in [2.75, 3.05) is 13.1 Å². The molecule has 4 heteroatoms. The molecular weight excluding hydrogens is 118 g/mol. The van der Waals surface area contributed by atoms with E-state index in [9.17, 15) is 4.79 Å². The first kappa shape index (κ1) is 5.89. The van der Waals surface area contributed by atoms with E-state index in [0.717, 1.165) is 0 Å². The second-order valence-electron chi connectivity index (χ2n) is 2.10. The van der Waals surface area contributed by atoms with E-state index < -0.39 is 0 Å². The minimum atomic E-state index is -0.304. The van der Waals surface area contributed by atoms with Crippen molar-refractivity contribution in [3.63, 3.8) is 0 Å². The summed E-state index contributed by atoms with van der Waals surface area (Å²) in [5.74, 6) is -0.397. The summed E-state index contributed by atoms with van der Waals surface area (Å²) < 4.78 is 0. The molecule has 0 saturated carbocycles. The molecule has 1 aliphatic rings. The summed E-state index contributed by atoms with van der Waals surface area (Å²) in [5.41, 5.74) is 4.94. The second-order valence-corrected chi connectivity index (χ2v) is 2.10. The molecule has 0 aliphatic carbocycles. The maximum atomic E-state index is 10.3. The summed E-state index contributed by atoms with van der Waals surface area (Å²) >= 11 is 0. The molecule has 48 valence electrons. The topological polar surface area (TPSA) is 70.1 Å². The van der Waals surface area contributed by atoms with E-state index in [-0.39, 0.29) is 11.8 Å². The van der Waals surface area contributed by atoms with Crippen LogP contribution in [0.5, 0.6) is 0 Å². The van der Waals surface area contributed by atoms with Crippen LogP contribution < -0.4 is 5.73 Å². The Labute approximate surface area is 52.8 Å². The number of likely N-dealkylation sites (tertiary alicyclic amines) is 1. The first-order valence-corrected chi connectivity index (χ1v) is 2.68. The molecule has 0 radical (unpaired) electrons. The van der Waals surface area contributed by atoms with Gasteiger partial charge in [-0.05, 0) is 0 Å². The summed E-state index contributed by atoms with van der Waals surface area (Å²) in [7, 11) is 0. The van der Waals surface area contributed by atoms with Crippen LogP contribution in [0.15, 0.2) is 0 Å². The number of hydrogen-bond donors (Lipinski definition) is 1. The fraction of sp³-hybridized carbons (Fsp3) is 0.600. The standard InChI is InChI=1S/C5H7N3O/c6-3-8-1-4(2-8)5(7)9/h4H,1-2H2,(H2,7,9). The normalized spacial score (nSPS) is 18.3. The van der Waals surface area contributed by atoms with Crippen molar-refractivity contribution in [2.24, 2.45) is 11.7 Å². The van der Waals surface area contributed by atoms with Crippen molar-refractivity contribution in [2.45, 2.75) is 0 Å². The molecule has 1 fully saturated rings. The van der Waals surface area contributed by atoms with Gasteiger partial charge in [0.1, 0.15) is 0 Å². The zero-order valence-corrected chi connectivity index (χ0v) is 4.87. The summed E-state index contributed by atoms with van der Waals surface area (Å²) in [5, 5.41) is 8.21. The Kier molecular flexibility index (Phi) is 1.27. The van der Waals surface area contributed by atoms with Crippen molar-refractivity contribution in [3.05, 3.63) is 0 Å². The second kappa shape index (κ2) is 1.94. The van der Waals surface area contributed by atoms with Crippen molar-refractivity contribution < 1.29 is 4.79 Å². The first-order chi connectivity index (χ1) is 4.24. The van der Waals surface area contributed by atoms with Gasteiger partial charge in [0, 0.05) is 13.1 Å². The van der Waals surface area contributed by atoms with Gasteiger partial charge in [-0.25, -0.2) is 0 Å². The minimum absolute atomic E-state index is 0.0929. The smallest absolute Gasteiger partial charge is 0.224 e. The molecule has 2 N–H and O–H groups in total. The van der Waals surface area contributed by atoms with Crippen LogP contribution in [0, 0.1) is 17.4 Å². The minimum Gasteiger partial charge on any atom is -0.369 e. The van der Waals surface area contributed by atoms with Gasteiger partial charge in [-0.15, -0.1) is 0 Å². The van der Waals surface area contributed by atoms with Crippen LogP contribution in [-0.2, 0) is 4.79 Å². The number of carbonyl (C=O) groups excluding carboxylic acids is 1. The van der Waals surface area contributed by atoms with Crippen molar-refractivity contribution in [1.82, 2.24) is 4.90 Å². The Bertz CT molecular complexity index is 166. The molecule has 0 atom stereocenters. The molecule has 0 aromatic rings. The summed E-state index contributed by atoms with van der Waals surface area (Å²) in [6.45, 7) is 1.01. The molecule has 0 unspecified atom stereocenters. The Morgan fingerprint density at radius 2 is 2.33 bits per heavy atom. The number of primary amides is 1. The Hall–Kier alpha value is -1.24. The van der Waals surface area contributed by atoms with E-state index in [1.54, 1.807) is 0 Å². The van der Waals surface area contributed by atoms with Crippen LogP contribution in [0.25, 0.3) is 0 Å². The molecule has 9 heavy (non-hydrogen) atoms. The van der Waals surface area contributed by atoms with Crippen molar-refractivity contribution >= 4 is 5.91 Å². The zero-order valence-electron chi connectivity index (χ0n) is 4.87. The molecule has 0 aromatic heterocycles. The molecule has 0 bridgehead atoms. The zero-order chi connectivity index (χ0) is 6.85. The summed E-state index contributed by atoms with van der Waals surface area (Å²) in [6.07, 6.45) is 1.91. The number of rotatable bonds is 1. The number of amides is 1. The highest BCUT2D eigenvalue weighted by Crippen LogP contribution is 2.12. The molecule has 1 heterocycles. The van der Waals surface area contributed by atoms with Crippen LogP contribution in [0.2, 0.25) is 0 Å². The highest BCUT2D eigenvalue weighted by Gasteiger charge is 2.29. The maximum Gasteiger partial charge on any atom is 0.224 e. The van der Waals surface area contributed by atoms with Gasteiger partial charge in [0.15, 0.2) is 6.19 Å². The van der Waals surface area contributed by atoms with Crippen LogP contribution in [0.3, 0.4) is 0 Å². The van der Waals surface area contributed by atoms with E-state index >= 15 is 0 Å². The van der Waals surface area contributed by atoms with Crippen LogP contribution in [0.4, 0.5) is 0 Å². The fourth-order valence-corrected chi connectivity index (χ4v) is 0.740. The molecular formula is C5H7N3O. The highest BCUT2D eigenvalue weighted by atomic mass is 16.1. The van der Waals surface area contributed by atoms with Gasteiger partial charge in [0.05, 0.1) is 5.92 Å². The van der Waals surface area contributed by atoms with Crippen LogP contribution in [-0.4, -0.2) is 23.9 Å². The summed E-state index contributed by atoms with van der Waals surface area (Å²) in [6, 6.07) is 0. The van der Waals surface area contributed by atoms with Gasteiger partial charge >= 0.3 is 0 Å². The molecule has 1 aliphatic heterocycles. The average molecular weight is 125 g/mol. The Balaban J connectivity index is 2.29. The van der Waals surface area contributed by atoms with E-state index in [4.69, 9.17) is 11.0 Å². The van der Waals surface area contributed by atoms with Crippen LogP contribution in [0.1, 0.15) is 0 Å². The van der Waals surface area contributed by atoms with E-state index in [0.29, 0.717) is 13.1 Å². The highest BCUT2D eigenvalue weighted by molar-refractivity contribution is 5.78. The SMILES string of the molecule is N#CN1CC(C(N)=O)C1. The van der Waals surface area contributed by atoms with Gasteiger partial charge in [-0.2, -0.15) is 5.26 Å². The lowest BCUT2D eigenvalue weighted by molar-refractivity contribution is -0.125. The lowest BCUT2D eigenvalue weighted by Crippen LogP contribution is -2.49. The van der Waals surface area contributed by atoms with Gasteiger partial charge < -0.3 is 10.6 Å². The van der Waals surface area contributed by atoms with Gasteiger partial charge in [0.25, 0.3) is 0 Å². The van der Waals surface area contributed by atoms with Gasteiger partial charge in [0.2, 0.25) is 5.91 Å². The Morgan fingerprint density at radius 3 is 2.67 bits per heavy atom. The average Bonchev–Trinajstić information content (AvgIpc) is 1.61. The number of nitrogens with zero attached hydrogens (tertiary/aromatic N) is 2. The van der Waals surface area contributed by atoms with Gasteiger partial charge in [-0.3, -0.25) is 4.79 Å². The van der Waals surface area contributed by atoms with Crippen LogP contribution >= 0.6 is 0 Å². The predicted octanol–water partition coefficient (Wildman–Crippen LogP) is -1.12. The third-order valence-corrected chi connectivity index (χ3v) is 1.43. The number of carbonyl (C=O) groups is 1. The monoisotopic (exact) mass is 125 g/mol.